The van der Waals surface area contributed by atoms with E-state index in [4.69, 9.17) is 32.7 Å². The molecule has 0 aliphatic carbocycles. The van der Waals surface area contributed by atoms with Crippen LogP contribution in [0, 0.1) is 5.92 Å². The first-order valence-electron chi connectivity index (χ1n) is 12.8. The third kappa shape index (κ3) is 7.37. The van der Waals surface area contributed by atoms with Crippen LogP contribution < -0.4 is 9.64 Å². The number of esters is 1. The average molecular weight is 533 g/mol. The van der Waals surface area contributed by atoms with Crippen molar-refractivity contribution in [2.75, 3.05) is 44.2 Å². The summed E-state index contributed by atoms with van der Waals surface area (Å²) >= 11 is 12.6. The van der Waals surface area contributed by atoms with Crippen molar-refractivity contribution in [2.45, 2.75) is 46.0 Å². The fraction of sp³-hybridized carbons (Fsp3) is 0.500. The maximum absolute atomic E-state index is 12.0. The summed E-state index contributed by atoms with van der Waals surface area (Å²) in [4.78, 5) is 21.3. The van der Waals surface area contributed by atoms with Gasteiger partial charge in [-0.3, -0.25) is 9.69 Å². The maximum atomic E-state index is 12.0. The third-order valence-corrected chi connectivity index (χ3v) is 7.31. The Morgan fingerprint density at radius 3 is 2.64 bits per heavy atom. The molecule has 0 amide bonds. The van der Waals surface area contributed by atoms with E-state index >= 15 is 0 Å². The van der Waals surface area contributed by atoms with Crippen LogP contribution in [0.4, 0.5) is 11.4 Å². The lowest BCUT2D eigenvalue weighted by Gasteiger charge is -2.36. The van der Waals surface area contributed by atoms with Crippen LogP contribution in [-0.2, 0) is 16.0 Å². The summed E-state index contributed by atoms with van der Waals surface area (Å²) in [7, 11) is 0. The molecule has 0 N–H and O–H groups in total. The number of aryl methyl sites for hydroxylation is 1. The molecule has 6 nitrogen and oxygen atoms in total. The summed E-state index contributed by atoms with van der Waals surface area (Å²) in [5, 5.41) is 1.24. The van der Waals surface area contributed by atoms with Gasteiger partial charge in [-0.05, 0) is 55.5 Å². The number of anilines is 1. The zero-order chi connectivity index (χ0) is 25.5. The Morgan fingerprint density at radius 2 is 1.86 bits per heavy atom. The molecule has 0 saturated carbocycles. The molecule has 194 valence electrons. The van der Waals surface area contributed by atoms with E-state index in [1.807, 2.05) is 44.2 Å². The molecule has 0 radical (unpaired) electrons. The van der Waals surface area contributed by atoms with Gasteiger partial charge in [-0.25, -0.2) is 4.99 Å². The number of ether oxygens (including phenoxy) is 2. The van der Waals surface area contributed by atoms with Gasteiger partial charge in [0.05, 0.1) is 28.0 Å². The first-order valence-corrected chi connectivity index (χ1v) is 13.6. The number of aliphatic imine (C=N–C) groups is 1. The van der Waals surface area contributed by atoms with Crippen LogP contribution in [-0.4, -0.2) is 56.1 Å². The minimum atomic E-state index is -0.214. The van der Waals surface area contributed by atoms with Gasteiger partial charge in [-0.15, -0.1) is 0 Å². The Kier molecular flexibility index (Phi) is 9.52. The standard InChI is InChI=1S/C28H35Cl2N3O3/c1-20(2)18-27(34)36-26-11-9-21-8-10-22(19-24(21)31-26)35-17-4-3-12-32-13-15-33(16-14-32)25-7-5-6-23(29)28(25)30/h5-8,10,19-20H,3-4,9,11-18H2,1-2H3. The summed E-state index contributed by atoms with van der Waals surface area (Å²) in [6.07, 6.45) is 3.94. The normalized spacial score (nSPS) is 16.0. The molecule has 1 saturated heterocycles. The van der Waals surface area contributed by atoms with Crippen LogP contribution in [0.3, 0.4) is 0 Å². The Labute approximate surface area is 224 Å². The molecule has 4 rings (SSSR count). The molecule has 0 unspecified atom stereocenters. The second kappa shape index (κ2) is 12.8. The monoisotopic (exact) mass is 531 g/mol. The Morgan fingerprint density at radius 1 is 1.06 bits per heavy atom. The van der Waals surface area contributed by atoms with Gasteiger partial charge in [0.1, 0.15) is 5.75 Å². The van der Waals surface area contributed by atoms with E-state index in [9.17, 15) is 4.79 Å². The van der Waals surface area contributed by atoms with Gasteiger partial charge in [0.2, 0.25) is 0 Å². The van der Waals surface area contributed by atoms with Gasteiger partial charge in [0, 0.05) is 45.1 Å². The maximum Gasteiger partial charge on any atom is 0.312 e. The van der Waals surface area contributed by atoms with Crippen molar-refractivity contribution in [1.82, 2.24) is 4.90 Å². The van der Waals surface area contributed by atoms with Crippen molar-refractivity contribution in [3.8, 4) is 5.75 Å². The van der Waals surface area contributed by atoms with Crippen LogP contribution in [0.1, 0.15) is 45.1 Å². The number of fused-ring (bicyclic) bond motifs is 1. The van der Waals surface area contributed by atoms with Crippen molar-refractivity contribution in [3.63, 3.8) is 0 Å². The lowest BCUT2D eigenvalue weighted by molar-refractivity contribution is -0.136. The van der Waals surface area contributed by atoms with E-state index in [2.05, 4.69) is 20.9 Å². The SMILES string of the molecule is CC(C)CC(=O)OC1=Nc2cc(OCCCCN3CCN(c4cccc(Cl)c4Cl)CC3)ccc2CC1. The van der Waals surface area contributed by atoms with Gasteiger partial charge in [-0.1, -0.05) is 49.2 Å². The summed E-state index contributed by atoms with van der Waals surface area (Å²) < 4.78 is 11.5. The molecule has 0 aromatic heterocycles. The average Bonchev–Trinajstić information content (AvgIpc) is 2.85. The molecule has 0 bridgehead atoms. The molecule has 0 atom stereocenters. The van der Waals surface area contributed by atoms with Gasteiger partial charge in [-0.2, -0.15) is 0 Å². The molecule has 0 spiro atoms. The fourth-order valence-electron chi connectivity index (χ4n) is 4.54. The van der Waals surface area contributed by atoms with E-state index in [0.29, 0.717) is 35.4 Å². The van der Waals surface area contributed by atoms with Crippen LogP contribution in [0.2, 0.25) is 10.0 Å². The van der Waals surface area contributed by atoms with Crippen molar-refractivity contribution in [1.29, 1.82) is 0 Å². The highest BCUT2D eigenvalue weighted by molar-refractivity contribution is 6.43. The minimum Gasteiger partial charge on any atom is -0.494 e. The van der Waals surface area contributed by atoms with Crippen molar-refractivity contribution < 1.29 is 14.3 Å². The smallest absolute Gasteiger partial charge is 0.312 e. The molecular formula is C28H35Cl2N3O3. The first kappa shape index (κ1) is 26.8. The van der Waals surface area contributed by atoms with Crippen LogP contribution in [0.5, 0.6) is 5.75 Å². The van der Waals surface area contributed by atoms with E-state index in [0.717, 1.165) is 74.7 Å². The van der Waals surface area contributed by atoms with Crippen LogP contribution >= 0.6 is 23.2 Å². The number of halogens is 2. The van der Waals surface area contributed by atoms with E-state index < -0.39 is 0 Å². The quantitative estimate of drug-likeness (QED) is 0.271. The van der Waals surface area contributed by atoms with Crippen molar-refractivity contribution in [3.05, 3.63) is 52.0 Å². The zero-order valence-electron chi connectivity index (χ0n) is 21.1. The summed E-state index contributed by atoms with van der Waals surface area (Å²) in [6.45, 7) is 9.63. The van der Waals surface area contributed by atoms with Gasteiger partial charge < -0.3 is 14.4 Å². The summed E-state index contributed by atoms with van der Waals surface area (Å²) in [5.74, 6) is 1.36. The van der Waals surface area contributed by atoms with Crippen molar-refractivity contribution >= 4 is 46.4 Å². The Bertz CT molecular complexity index is 1080. The predicted molar refractivity (Wildman–Crippen MR) is 147 cm³/mol. The highest BCUT2D eigenvalue weighted by Crippen LogP contribution is 2.33. The number of carbonyl (C=O) groups is 1. The summed E-state index contributed by atoms with van der Waals surface area (Å²) in [6, 6.07) is 11.8. The topological polar surface area (TPSA) is 54.4 Å². The van der Waals surface area contributed by atoms with Crippen molar-refractivity contribution in [2.24, 2.45) is 10.9 Å². The largest absolute Gasteiger partial charge is 0.494 e. The second-order valence-electron chi connectivity index (χ2n) is 9.83. The minimum absolute atomic E-state index is 0.214. The van der Waals surface area contributed by atoms with E-state index in [1.165, 1.54) is 0 Å². The number of nitrogens with zero attached hydrogens (tertiary/aromatic N) is 3. The lowest BCUT2D eigenvalue weighted by Crippen LogP contribution is -2.46. The summed E-state index contributed by atoms with van der Waals surface area (Å²) in [5.41, 5.74) is 3.01. The van der Waals surface area contributed by atoms with Gasteiger partial charge in [0.15, 0.2) is 5.90 Å². The fourth-order valence-corrected chi connectivity index (χ4v) is 4.95. The molecule has 2 aromatic rings. The van der Waals surface area contributed by atoms with E-state index in [1.54, 1.807) is 0 Å². The molecule has 2 aliphatic rings. The number of piperazine rings is 1. The molecule has 2 aliphatic heterocycles. The molecule has 1 fully saturated rings. The lowest BCUT2D eigenvalue weighted by atomic mass is 10.0. The molecule has 2 heterocycles. The second-order valence-corrected chi connectivity index (χ2v) is 10.6. The highest BCUT2D eigenvalue weighted by Gasteiger charge is 2.20. The zero-order valence-corrected chi connectivity index (χ0v) is 22.7. The molecule has 8 heteroatoms. The van der Waals surface area contributed by atoms with E-state index in [-0.39, 0.29) is 11.9 Å². The Balaban J connectivity index is 1.17. The number of hydrogen-bond acceptors (Lipinski definition) is 6. The molecular weight excluding hydrogens is 497 g/mol. The number of unbranched alkanes of at least 4 members (excludes halogenated alkanes) is 1. The number of benzene rings is 2. The number of rotatable bonds is 9. The predicted octanol–water partition coefficient (Wildman–Crippen LogP) is 6.54. The molecule has 2 aromatic carbocycles. The van der Waals surface area contributed by atoms with Crippen LogP contribution in [0.15, 0.2) is 41.4 Å². The number of carbonyl (C=O) groups excluding carboxylic acids is 1. The first-order chi connectivity index (χ1) is 17.4. The van der Waals surface area contributed by atoms with Crippen LogP contribution in [0.25, 0.3) is 0 Å². The Hall–Kier alpha value is -2.28. The van der Waals surface area contributed by atoms with Gasteiger partial charge in [0.25, 0.3) is 0 Å². The molecule has 36 heavy (non-hydrogen) atoms. The van der Waals surface area contributed by atoms with Gasteiger partial charge >= 0.3 is 5.97 Å². The third-order valence-electron chi connectivity index (χ3n) is 6.50. The highest BCUT2D eigenvalue weighted by atomic mass is 35.5. The number of hydrogen-bond donors (Lipinski definition) is 0.